The molecule has 4 heteroatoms. The average molecular weight is 257 g/mol. The summed E-state index contributed by atoms with van der Waals surface area (Å²) in [6.07, 6.45) is 8.09. The SMILES string of the molecule is CCCCn1cc(-c2c[nH]c3cc(F)ccc23)cn1. The fourth-order valence-corrected chi connectivity index (χ4v) is 2.28. The lowest BCUT2D eigenvalue weighted by Gasteiger charge is -1.98. The van der Waals surface area contributed by atoms with Crippen molar-refractivity contribution < 1.29 is 4.39 Å². The molecule has 0 aliphatic heterocycles. The summed E-state index contributed by atoms with van der Waals surface area (Å²) in [7, 11) is 0. The minimum atomic E-state index is -0.223. The van der Waals surface area contributed by atoms with Crippen molar-refractivity contribution in [2.75, 3.05) is 0 Å². The van der Waals surface area contributed by atoms with E-state index in [0.29, 0.717) is 0 Å². The summed E-state index contributed by atoms with van der Waals surface area (Å²) in [5.74, 6) is -0.223. The molecule has 98 valence electrons. The molecule has 19 heavy (non-hydrogen) atoms. The number of H-pyrrole nitrogens is 1. The van der Waals surface area contributed by atoms with Gasteiger partial charge in [-0.25, -0.2) is 4.39 Å². The van der Waals surface area contributed by atoms with Crippen molar-refractivity contribution in [1.82, 2.24) is 14.8 Å². The number of fused-ring (bicyclic) bond motifs is 1. The van der Waals surface area contributed by atoms with E-state index in [-0.39, 0.29) is 5.82 Å². The van der Waals surface area contributed by atoms with Gasteiger partial charge in [0.2, 0.25) is 0 Å². The molecule has 2 heterocycles. The molecule has 0 saturated heterocycles. The molecule has 2 aromatic heterocycles. The van der Waals surface area contributed by atoms with Crippen LogP contribution in [0.15, 0.2) is 36.8 Å². The Bertz CT molecular complexity index is 696. The van der Waals surface area contributed by atoms with Gasteiger partial charge in [-0.3, -0.25) is 4.68 Å². The molecular formula is C15H16FN3. The number of nitrogens with zero attached hydrogens (tertiary/aromatic N) is 2. The summed E-state index contributed by atoms with van der Waals surface area (Å²) in [6.45, 7) is 3.10. The third-order valence-corrected chi connectivity index (χ3v) is 3.33. The number of nitrogens with one attached hydrogen (secondary N) is 1. The summed E-state index contributed by atoms with van der Waals surface area (Å²) in [6, 6.07) is 4.81. The van der Waals surface area contributed by atoms with Crippen LogP contribution >= 0.6 is 0 Å². The molecule has 0 spiro atoms. The lowest BCUT2D eigenvalue weighted by atomic mass is 10.1. The van der Waals surface area contributed by atoms with Gasteiger partial charge in [-0.05, 0) is 24.6 Å². The predicted molar refractivity (Wildman–Crippen MR) is 74.4 cm³/mol. The van der Waals surface area contributed by atoms with Gasteiger partial charge in [0.15, 0.2) is 0 Å². The number of benzene rings is 1. The zero-order valence-corrected chi connectivity index (χ0v) is 10.9. The fourth-order valence-electron chi connectivity index (χ4n) is 2.28. The molecule has 3 nitrogen and oxygen atoms in total. The van der Waals surface area contributed by atoms with Gasteiger partial charge in [-0.1, -0.05) is 13.3 Å². The Kier molecular flexibility index (Phi) is 3.07. The van der Waals surface area contributed by atoms with E-state index in [2.05, 4.69) is 17.0 Å². The first-order valence-corrected chi connectivity index (χ1v) is 6.57. The van der Waals surface area contributed by atoms with Crippen LogP contribution in [0.5, 0.6) is 0 Å². The summed E-state index contributed by atoms with van der Waals surface area (Å²) in [4.78, 5) is 3.10. The molecule has 0 bridgehead atoms. The maximum Gasteiger partial charge on any atom is 0.125 e. The molecule has 3 aromatic rings. The molecule has 0 fully saturated rings. The summed E-state index contributed by atoms with van der Waals surface area (Å²) < 4.78 is 15.1. The Morgan fingerprint density at radius 3 is 3.11 bits per heavy atom. The Morgan fingerprint density at radius 2 is 2.26 bits per heavy atom. The van der Waals surface area contributed by atoms with E-state index in [4.69, 9.17) is 0 Å². The highest BCUT2D eigenvalue weighted by Crippen LogP contribution is 2.28. The van der Waals surface area contributed by atoms with Crippen LogP contribution < -0.4 is 0 Å². The second-order valence-electron chi connectivity index (χ2n) is 4.74. The van der Waals surface area contributed by atoms with Crippen LogP contribution in [0.2, 0.25) is 0 Å². The van der Waals surface area contributed by atoms with Gasteiger partial charge in [0.25, 0.3) is 0 Å². The van der Waals surface area contributed by atoms with Gasteiger partial charge in [0.1, 0.15) is 5.82 Å². The molecule has 0 atom stereocenters. The van der Waals surface area contributed by atoms with Crippen LogP contribution in [0.1, 0.15) is 19.8 Å². The zero-order chi connectivity index (χ0) is 13.2. The summed E-state index contributed by atoms with van der Waals surface area (Å²) >= 11 is 0. The standard InChI is InChI=1S/C15H16FN3/c1-2-3-6-19-10-11(8-18-19)14-9-17-15-7-12(16)4-5-13(14)15/h4-5,7-10,17H,2-3,6H2,1H3. The Morgan fingerprint density at radius 1 is 1.37 bits per heavy atom. The number of hydrogen-bond acceptors (Lipinski definition) is 1. The average Bonchev–Trinajstić information content (AvgIpc) is 3.01. The van der Waals surface area contributed by atoms with Crippen LogP contribution in [0.25, 0.3) is 22.0 Å². The normalized spacial score (nSPS) is 11.3. The van der Waals surface area contributed by atoms with Crippen molar-refractivity contribution in [3.63, 3.8) is 0 Å². The molecule has 0 amide bonds. The quantitative estimate of drug-likeness (QED) is 0.753. The number of hydrogen-bond donors (Lipinski definition) is 1. The van der Waals surface area contributed by atoms with Gasteiger partial charge in [-0.15, -0.1) is 0 Å². The first-order chi connectivity index (χ1) is 9.28. The van der Waals surface area contributed by atoms with Crippen molar-refractivity contribution in [3.05, 3.63) is 42.6 Å². The minimum absolute atomic E-state index is 0.223. The topological polar surface area (TPSA) is 33.6 Å². The molecule has 1 N–H and O–H groups in total. The number of unbranched alkanes of at least 4 members (excludes halogenated alkanes) is 1. The van der Waals surface area contributed by atoms with E-state index in [1.54, 1.807) is 6.07 Å². The molecule has 1 aromatic carbocycles. The predicted octanol–water partition coefficient (Wildman–Crippen LogP) is 3.97. The number of halogens is 1. The van der Waals surface area contributed by atoms with Crippen LogP contribution in [-0.4, -0.2) is 14.8 Å². The maximum atomic E-state index is 13.2. The first-order valence-electron chi connectivity index (χ1n) is 6.57. The minimum Gasteiger partial charge on any atom is -0.360 e. The van der Waals surface area contributed by atoms with Crippen molar-refractivity contribution in [2.45, 2.75) is 26.3 Å². The smallest absolute Gasteiger partial charge is 0.125 e. The summed E-state index contributed by atoms with van der Waals surface area (Å²) in [5.41, 5.74) is 2.95. The number of aryl methyl sites for hydroxylation is 1. The third-order valence-electron chi connectivity index (χ3n) is 3.33. The van der Waals surface area contributed by atoms with Crippen molar-refractivity contribution in [1.29, 1.82) is 0 Å². The molecule has 3 rings (SSSR count). The van der Waals surface area contributed by atoms with Gasteiger partial charge in [-0.2, -0.15) is 5.10 Å². The lowest BCUT2D eigenvalue weighted by molar-refractivity contribution is 0.572. The Balaban J connectivity index is 1.97. The van der Waals surface area contributed by atoms with E-state index in [9.17, 15) is 4.39 Å². The lowest BCUT2D eigenvalue weighted by Crippen LogP contribution is -1.96. The number of aromatic amines is 1. The summed E-state index contributed by atoms with van der Waals surface area (Å²) in [5, 5.41) is 5.39. The van der Waals surface area contributed by atoms with E-state index >= 15 is 0 Å². The van der Waals surface area contributed by atoms with Gasteiger partial charge < -0.3 is 4.98 Å². The monoisotopic (exact) mass is 257 g/mol. The van der Waals surface area contributed by atoms with Crippen molar-refractivity contribution in [2.24, 2.45) is 0 Å². The number of aromatic nitrogens is 3. The second kappa shape index (κ2) is 4.88. The fraction of sp³-hybridized carbons (Fsp3) is 0.267. The van der Waals surface area contributed by atoms with Gasteiger partial charge in [0.05, 0.1) is 6.20 Å². The highest BCUT2D eigenvalue weighted by molar-refractivity contribution is 5.95. The first kappa shape index (κ1) is 12.0. The molecule has 0 aliphatic carbocycles. The molecule has 0 radical (unpaired) electrons. The highest BCUT2D eigenvalue weighted by atomic mass is 19.1. The van der Waals surface area contributed by atoms with E-state index in [1.807, 2.05) is 23.3 Å². The van der Waals surface area contributed by atoms with Gasteiger partial charge >= 0.3 is 0 Å². The Hall–Kier alpha value is -2.10. The number of rotatable bonds is 4. The largest absolute Gasteiger partial charge is 0.360 e. The van der Waals surface area contributed by atoms with Gasteiger partial charge in [0, 0.05) is 41.0 Å². The maximum absolute atomic E-state index is 13.2. The molecule has 0 aliphatic rings. The van der Waals surface area contributed by atoms with Crippen LogP contribution in [-0.2, 0) is 6.54 Å². The molecule has 0 saturated carbocycles. The highest BCUT2D eigenvalue weighted by Gasteiger charge is 2.08. The van der Waals surface area contributed by atoms with Crippen LogP contribution in [0, 0.1) is 5.82 Å². The van der Waals surface area contributed by atoms with Crippen LogP contribution in [0.3, 0.4) is 0 Å². The Labute approximate surface area is 111 Å². The molecule has 0 unspecified atom stereocenters. The van der Waals surface area contributed by atoms with E-state index < -0.39 is 0 Å². The van der Waals surface area contributed by atoms with Crippen molar-refractivity contribution in [3.8, 4) is 11.1 Å². The van der Waals surface area contributed by atoms with Crippen molar-refractivity contribution >= 4 is 10.9 Å². The van der Waals surface area contributed by atoms with E-state index in [0.717, 1.165) is 41.4 Å². The third kappa shape index (κ3) is 2.26. The van der Waals surface area contributed by atoms with Crippen LogP contribution in [0.4, 0.5) is 4.39 Å². The zero-order valence-electron chi connectivity index (χ0n) is 10.9. The van der Waals surface area contributed by atoms with E-state index in [1.165, 1.54) is 12.1 Å². The molecular weight excluding hydrogens is 241 g/mol. The second-order valence-corrected chi connectivity index (χ2v) is 4.74.